The molecule has 0 atom stereocenters. The lowest BCUT2D eigenvalue weighted by molar-refractivity contribution is -0.145. The monoisotopic (exact) mass is 302 g/mol. The first-order chi connectivity index (χ1) is 10.5. The van der Waals surface area contributed by atoms with E-state index in [0.29, 0.717) is 0 Å². The van der Waals surface area contributed by atoms with E-state index < -0.39 is 5.97 Å². The van der Waals surface area contributed by atoms with E-state index in [1.807, 2.05) is 18.2 Å². The highest BCUT2D eigenvalue weighted by Gasteiger charge is 2.24. The van der Waals surface area contributed by atoms with Crippen molar-refractivity contribution in [2.24, 2.45) is 0 Å². The van der Waals surface area contributed by atoms with Crippen molar-refractivity contribution in [2.45, 2.75) is 25.8 Å². The van der Waals surface area contributed by atoms with Crippen LogP contribution in [0.4, 0.5) is 0 Å². The molecule has 2 amide bonds. The van der Waals surface area contributed by atoms with Gasteiger partial charge in [-0.3, -0.25) is 9.59 Å². The normalized spacial score (nSPS) is 14.1. The van der Waals surface area contributed by atoms with Crippen LogP contribution in [-0.2, 0) is 19.1 Å². The van der Waals surface area contributed by atoms with E-state index >= 15 is 0 Å². The number of amides is 2. The molecule has 1 aromatic carbocycles. The van der Waals surface area contributed by atoms with Crippen LogP contribution in [0.3, 0.4) is 0 Å². The molecule has 1 aliphatic carbocycles. The molecule has 116 valence electrons. The van der Waals surface area contributed by atoms with Crippen molar-refractivity contribution in [1.82, 2.24) is 10.6 Å². The highest BCUT2D eigenvalue weighted by Crippen LogP contribution is 2.18. The standard InChI is InChI=1S/C16H18N2O4/c1-11(19)17-14(9-12-5-3-2-4-6-12)16(21)22-10-15(20)18-13-7-8-13/h2-6,9,13H,7-8,10H2,1H3,(H,17,19)(H,18,20). The average Bonchev–Trinajstić information content (AvgIpc) is 3.28. The summed E-state index contributed by atoms with van der Waals surface area (Å²) < 4.78 is 4.93. The number of carbonyl (C=O) groups excluding carboxylic acids is 3. The van der Waals surface area contributed by atoms with Crippen molar-refractivity contribution in [2.75, 3.05) is 6.61 Å². The molecule has 1 saturated carbocycles. The van der Waals surface area contributed by atoms with Crippen molar-refractivity contribution < 1.29 is 19.1 Å². The van der Waals surface area contributed by atoms with Crippen molar-refractivity contribution in [3.63, 3.8) is 0 Å². The van der Waals surface area contributed by atoms with Crippen LogP contribution in [0.5, 0.6) is 0 Å². The van der Waals surface area contributed by atoms with E-state index in [1.165, 1.54) is 13.0 Å². The summed E-state index contributed by atoms with van der Waals surface area (Å²) in [5.74, 6) is -1.47. The zero-order valence-electron chi connectivity index (χ0n) is 12.3. The van der Waals surface area contributed by atoms with E-state index in [1.54, 1.807) is 12.1 Å². The third kappa shape index (κ3) is 5.40. The van der Waals surface area contributed by atoms with Crippen molar-refractivity contribution >= 4 is 23.9 Å². The molecule has 0 aromatic heterocycles. The summed E-state index contributed by atoms with van der Waals surface area (Å²) in [6.07, 6.45) is 3.43. The molecule has 2 rings (SSSR count). The Morgan fingerprint density at radius 1 is 1.23 bits per heavy atom. The number of hydrogen-bond acceptors (Lipinski definition) is 4. The number of rotatable bonds is 6. The van der Waals surface area contributed by atoms with Gasteiger partial charge in [0.25, 0.3) is 5.91 Å². The van der Waals surface area contributed by atoms with Gasteiger partial charge in [0.2, 0.25) is 5.91 Å². The number of carbonyl (C=O) groups is 3. The third-order valence-electron chi connectivity index (χ3n) is 2.92. The Balaban J connectivity index is 1.97. The maximum atomic E-state index is 12.0. The summed E-state index contributed by atoms with van der Waals surface area (Å²) in [4.78, 5) is 34.7. The SMILES string of the molecule is CC(=O)NC(=Cc1ccccc1)C(=O)OCC(=O)NC1CC1. The summed E-state index contributed by atoms with van der Waals surface area (Å²) in [7, 11) is 0. The minimum absolute atomic E-state index is 0.00192. The summed E-state index contributed by atoms with van der Waals surface area (Å²) in [5, 5.41) is 5.14. The van der Waals surface area contributed by atoms with Gasteiger partial charge in [-0.2, -0.15) is 0 Å². The zero-order valence-corrected chi connectivity index (χ0v) is 12.3. The van der Waals surface area contributed by atoms with E-state index in [4.69, 9.17) is 4.74 Å². The Labute approximate surface area is 128 Å². The van der Waals surface area contributed by atoms with Gasteiger partial charge < -0.3 is 15.4 Å². The fourth-order valence-electron chi connectivity index (χ4n) is 1.76. The van der Waals surface area contributed by atoms with Gasteiger partial charge in [0.15, 0.2) is 6.61 Å². The number of esters is 1. The predicted octanol–water partition coefficient (Wildman–Crippen LogP) is 0.985. The summed E-state index contributed by atoms with van der Waals surface area (Å²) in [6.45, 7) is 0.937. The van der Waals surface area contributed by atoms with Gasteiger partial charge in [-0.15, -0.1) is 0 Å². The maximum absolute atomic E-state index is 12.0. The molecule has 2 N–H and O–H groups in total. The first-order valence-corrected chi connectivity index (χ1v) is 7.05. The Morgan fingerprint density at radius 3 is 2.50 bits per heavy atom. The molecule has 0 radical (unpaired) electrons. The molecule has 0 aliphatic heterocycles. The van der Waals surface area contributed by atoms with Crippen molar-refractivity contribution in [3.05, 3.63) is 41.6 Å². The lowest BCUT2D eigenvalue weighted by Gasteiger charge is -2.09. The fraction of sp³-hybridized carbons (Fsp3) is 0.312. The highest BCUT2D eigenvalue weighted by atomic mass is 16.5. The third-order valence-corrected chi connectivity index (χ3v) is 2.92. The summed E-state index contributed by atoms with van der Waals surface area (Å²) in [6, 6.07) is 9.25. The zero-order chi connectivity index (χ0) is 15.9. The van der Waals surface area contributed by atoms with Crippen LogP contribution in [0.25, 0.3) is 6.08 Å². The molecule has 0 unspecified atom stereocenters. The molecular weight excluding hydrogens is 284 g/mol. The van der Waals surface area contributed by atoms with Crippen LogP contribution in [0.15, 0.2) is 36.0 Å². The Kier molecular flexibility index (Phi) is 5.30. The van der Waals surface area contributed by atoms with Gasteiger partial charge >= 0.3 is 5.97 Å². The van der Waals surface area contributed by atoms with Crippen LogP contribution in [0.1, 0.15) is 25.3 Å². The van der Waals surface area contributed by atoms with Gasteiger partial charge in [-0.1, -0.05) is 30.3 Å². The minimum atomic E-state index is -0.745. The molecule has 0 bridgehead atoms. The molecule has 6 heteroatoms. The molecule has 1 fully saturated rings. The van der Waals surface area contributed by atoms with E-state index in [-0.39, 0.29) is 30.2 Å². The second-order valence-electron chi connectivity index (χ2n) is 5.07. The molecule has 0 heterocycles. The molecule has 0 saturated heterocycles. The van der Waals surface area contributed by atoms with Crippen molar-refractivity contribution in [1.29, 1.82) is 0 Å². The van der Waals surface area contributed by atoms with Crippen LogP contribution in [0.2, 0.25) is 0 Å². The first kappa shape index (κ1) is 15.8. The second-order valence-corrected chi connectivity index (χ2v) is 5.07. The van der Waals surface area contributed by atoms with E-state index in [0.717, 1.165) is 18.4 Å². The predicted molar refractivity (Wildman–Crippen MR) is 80.4 cm³/mol. The molecular formula is C16H18N2O4. The van der Waals surface area contributed by atoms with Gasteiger partial charge in [-0.25, -0.2) is 4.79 Å². The molecule has 0 spiro atoms. The summed E-state index contributed by atoms with van der Waals surface area (Å²) >= 11 is 0. The molecule has 1 aliphatic rings. The number of benzene rings is 1. The van der Waals surface area contributed by atoms with Crippen LogP contribution >= 0.6 is 0 Å². The molecule has 6 nitrogen and oxygen atoms in total. The van der Waals surface area contributed by atoms with Gasteiger partial charge in [0, 0.05) is 13.0 Å². The topological polar surface area (TPSA) is 84.5 Å². The smallest absolute Gasteiger partial charge is 0.355 e. The second kappa shape index (κ2) is 7.40. The molecule has 22 heavy (non-hydrogen) atoms. The van der Waals surface area contributed by atoms with Crippen LogP contribution < -0.4 is 10.6 Å². The van der Waals surface area contributed by atoms with Gasteiger partial charge in [0.1, 0.15) is 5.70 Å². The largest absolute Gasteiger partial charge is 0.451 e. The van der Waals surface area contributed by atoms with Crippen LogP contribution in [-0.4, -0.2) is 30.4 Å². The van der Waals surface area contributed by atoms with Crippen LogP contribution in [0, 0.1) is 0 Å². The lowest BCUT2D eigenvalue weighted by Crippen LogP contribution is -2.32. The van der Waals surface area contributed by atoms with E-state index in [9.17, 15) is 14.4 Å². The van der Waals surface area contributed by atoms with Gasteiger partial charge in [-0.05, 0) is 24.5 Å². The number of ether oxygens (including phenoxy) is 1. The lowest BCUT2D eigenvalue weighted by atomic mass is 10.2. The number of nitrogens with one attached hydrogen (secondary N) is 2. The Bertz CT molecular complexity index is 591. The minimum Gasteiger partial charge on any atom is -0.451 e. The number of hydrogen-bond donors (Lipinski definition) is 2. The Hall–Kier alpha value is -2.63. The van der Waals surface area contributed by atoms with E-state index in [2.05, 4.69) is 10.6 Å². The Morgan fingerprint density at radius 2 is 1.91 bits per heavy atom. The van der Waals surface area contributed by atoms with Crippen molar-refractivity contribution in [3.8, 4) is 0 Å². The fourth-order valence-corrected chi connectivity index (χ4v) is 1.76. The average molecular weight is 302 g/mol. The first-order valence-electron chi connectivity index (χ1n) is 7.05. The summed E-state index contributed by atoms with van der Waals surface area (Å²) in [5.41, 5.74) is 0.739. The van der Waals surface area contributed by atoms with Gasteiger partial charge in [0.05, 0.1) is 0 Å². The maximum Gasteiger partial charge on any atom is 0.355 e. The molecule has 1 aromatic rings. The quantitative estimate of drug-likeness (QED) is 0.606. The highest BCUT2D eigenvalue weighted by molar-refractivity contribution is 5.98.